The van der Waals surface area contributed by atoms with Crippen molar-refractivity contribution in [1.82, 2.24) is 0 Å². The average molecular weight is 337 g/mol. The van der Waals surface area contributed by atoms with E-state index in [0.717, 1.165) is 10.4 Å². The Morgan fingerprint density at radius 2 is 1.82 bits per heavy atom. The molecular weight excluding hydrogens is 312 g/mol. The predicted molar refractivity (Wildman–Crippen MR) is 96.0 cm³/mol. The van der Waals surface area contributed by atoms with Crippen molar-refractivity contribution in [3.8, 4) is 0 Å². The molecule has 1 aromatic rings. The first-order valence-corrected chi connectivity index (χ1v) is 10.1. The summed E-state index contributed by atoms with van der Waals surface area (Å²) >= 11 is 1.52. The number of sulfone groups is 1. The Labute approximate surface area is 138 Å². The zero-order valence-corrected chi connectivity index (χ0v) is 15.3. The van der Waals surface area contributed by atoms with Gasteiger partial charge in [0.2, 0.25) is 0 Å². The maximum absolute atomic E-state index is 13.1. The molecule has 0 bridgehead atoms. The van der Waals surface area contributed by atoms with Crippen molar-refractivity contribution in [2.45, 2.75) is 38.9 Å². The molecule has 1 aliphatic rings. The van der Waals surface area contributed by atoms with Gasteiger partial charge in [0.05, 0.1) is 5.75 Å². The molecule has 4 heteroatoms. The largest absolute Gasteiger partial charge is 0.227 e. The number of hydrogen-bond acceptors (Lipinski definition) is 3. The number of thiophene rings is 1. The van der Waals surface area contributed by atoms with Gasteiger partial charge in [0.15, 0.2) is 9.84 Å². The summed E-state index contributed by atoms with van der Waals surface area (Å²) in [7, 11) is -3.32. The summed E-state index contributed by atoms with van der Waals surface area (Å²) in [4.78, 5) is 0.883. The van der Waals surface area contributed by atoms with Crippen molar-refractivity contribution < 1.29 is 8.42 Å². The van der Waals surface area contributed by atoms with E-state index in [1.165, 1.54) is 11.3 Å². The van der Waals surface area contributed by atoms with Gasteiger partial charge in [-0.15, -0.1) is 11.3 Å². The molecule has 0 unspecified atom stereocenters. The van der Waals surface area contributed by atoms with Crippen molar-refractivity contribution in [2.75, 3.05) is 5.75 Å². The van der Waals surface area contributed by atoms with E-state index in [9.17, 15) is 8.42 Å². The zero-order valence-electron chi connectivity index (χ0n) is 13.7. The maximum atomic E-state index is 13.1. The lowest BCUT2D eigenvalue weighted by molar-refractivity contribution is 0.564. The van der Waals surface area contributed by atoms with Crippen LogP contribution in [0.5, 0.6) is 0 Å². The molecule has 0 amide bonds. The quantitative estimate of drug-likeness (QED) is 0.725. The first-order valence-electron chi connectivity index (χ1n) is 7.52. The SMILES string of the molecule is CC=CCCS(=O)(=O)C1(c2cc(C)cs2)C=CC(C)(C)C=C1. The van der Waals surface area contributed by atoms with Crippen molar-refractivity contribution in [1.29, 1.82) is 0 Å². The molecule has 0 spiro atoms. The lowest BCUT2D eigenvalue weighted by atomic mass is 9.84. The third-order valence-corrected chi connectivity index (χ3v) is 7.56. The van der Waals surface area contributed by atoms with Gasteiger partial charge in [-0.3, -0.25) is 0 Å². The normalized spacial score (nSPS) is 19.8. The fraction of sp³-hybridized carbons (Fsp3) is 0.444. The van der Waals surface area contributed by atoms with Crippen LogP contribution < -0.4 is 0 Å². The summed E-state index contributed by atoms with van der Waals surface area (Å²) in [5.74, 6) is 0.156. The van der Waals surface area contributed by atoms with E-state index >= 15 is 0 Å². The van der Waals surface area contributed by atoms with Crippen LogP contribution in [0.1, 0.15) is 37.6 Å². The van der Waals surface area contributed by atoms with Crippen molar-refractivity contribution in [2.24, 2.45) is 5.41 Å². The first kappa shape index (κ1) is 17.2. The highest BCUT2D eigenvalue weighted by molar-refractivity contribution is 7.92. The Morgan fingerprint density at radius 1 is 1.18 bits per heavy atom. The Bertz CT molecular complexity index is 700. The second kappa shape index (κ2) is 6.17. The molecule has 0 aromatic carbocycles. The minimum atomic E-state index is -3.32. The number of aryl methyl sites for hydroxylation is 1. The topological polar surface area (TPSA) is 34.1 Å². The van der Waals surface area contributed by atoms with Crippen LogP contribution in [0.15, 0.2) is 47.9 Å². The van der Waals surface area contributed by atoms with E-state index in [1.807, 2.05) is 61.8 Å². The molecule has 2 rings (SSSR count). The molecule has 1 aliphatic carbocycles. The summed E-state index contributed by atoms with van der Waals surface area (Å²) in [6.45, 7) is 8.07. The van der Waals surface area contributed by atoms with E-state index in [0.29, 0.717) is 6.42 Å². The number of rotatable bonds is 5. The lowest BCUT2D eigenvalue weighted by Crippen LogP contribution is -2.35. The smallest absolute Gasteiger partial charge is 0.168 e. The van der Waals surface area contributed by atoms with Crippen LogP contribution in [0, 0.1) is 12.3 Å². The van der Waals surface area contributed by atoms with Crippen LogP contribution >= 0.6 is 11.3 Å². The molecule has 2 nitrogen and oxygen atoms in total. The third kappa shape index (κ3) is 3.28. The molecule has 1 heterocycles. The maximum Gasteiger partial charge on any atom is 0.168 e. The molecule has 22 heavy (non-hydrogen) atoms. The van der Waals surface area contributed by atoms with E-state index in [-0.39, 0.29) is 11.2 Å². The monoisotopic (exact) mass is 336 g/mol. The van der Waals surface area contributed by atoms with Crippen LogP contribution in [-0.4, -0.2) is 14.2 Å². The lowest BCUT2D eigenvalue weighted by Gasteiger charge is -2.32. The standard InChI is InChI=1S/C18H24O2S2/c1-5-6-7-12-22(19,20)18(16-13-15(2)14-21-16)10-8-17(3,4)9-11-18/h5-6,8-11,13-14H,7,12H2,1-4H3. The second-order valence-corrected chi connectivity index (χ2v) is 9.67. The van der Waals surface area contributed by atoms with Crippen LogP contribution in [0.3, 0.4) is 0 Å². The molecule has 1 aromatic heterocycles. The highest BCUT2D eigenvalue weighted by atomic mass is 32.2. The number of hydrogen-bond donors (Lipinski definition) is 0. The van der Waals surface area contributed by atoms with E-state index in [4.69, 9.17) is 0 Å². The first-order chi connectivity index (χ1) is 10.2. The van der Waals surface area contributed by atoms with E-state index in [1.54, 1.807) is 0 Å². The van der Waals surface area contributed by atoms with E-state index < -0.39 is 14.6 Å². The second-order valence-electron chi connectivity index (χ2n) is 6.45. The molecule has 0 saturated heterocycles. The molecule has 0 radical (unpaired) electrons. The Hall–Kier alpha value is -1.13. The Kier molecular flexibility index (Phi) is 4.83. The van der Waals surface area contributed by atoms with Crippen LogP contribution in [0.2, 0.25) is 0 Å². The van der Waals surface area contributed by atoms with Gasteiger partial charge < -0.3 is 0 Å². The number of allylic oxidation sites excluding steroid dienone is 4. The van der Waals surface area contributed by atoms with Crippen molar-refractivity contribution in [3.05, 3.63) is 58.3 Å². The van der Waals surface area contributed by atoms with Gasteiger partial charge in [-0.2, -0.15) is 0 Å². The molecule has 0 N–H and O–H groups in total. The van der Waals surface area contributed by atoms with Gasteiger partial charge in [0, 0.05) is 10.3 Å². The van der Waals surface area contributed by atoms with Gasteiger partial charge >= 0.3 is 0 Å². The summed E-state index contributed by atoms with van der Waals surface area (Å²) in [6.07, 6.45) is 12.1. The fourth-order valence-corrected chi connectivity index (χ4v) is 5.69. The molecule has 120 valence electrons. The molecule has 0 fully saturated rings. The van der Waals surface area contributed by atoms with Gasteiger partial charge in [0.25, 0.3) is 0 Å². The van der Waals surface area contributed by atoms with Gasteiger partial charge in [-0.05, 0) is 37.3 Å². The minimum absolute atomic E-state index is 0.103. The van der Waals surface area contributed by atoms with E-state index in [2.05, 4.69) is 13.8 Å². The average Bonchev–Trinajstić information content (AvgIpc) is 2.86. The summed E-state index contributed by atoms with van der Waals surface area (Å²) in [6, 6.07) is 1.99. The van der Waals surface area contributed by atoms with Crippen LogP contribution in [-0.2, 0) is 14.6 Å². The minimum Gasteiger partial charge on any atom is -0.227 e. The molecule has 0 saturated carbocycles. The van der Waals surface area contributed by atoms with Crippen LogP contribution in [0.25, 0.3) is 0 Å². The molecule has 0 aliphatic heterocycles. The zero-order chi connectivity index (χ0) is 16.4. The fourth-order valence-electron chi connectivity index (χ4n) is 2.51. The molecular formula is C18H24O2S2. The van der Waals surface area contributed by atoms with Gasteiger partial charge in [-0.1, -0.05) is 50.3 Å². The van der Waals surface area contributed by atoms with Crippen molar-refractivity contribution in [3.63, 3.8) is 0 Å². The Balaban J connectivity index is 2.51. The summed E-state index contributed by atoms with van der Waals surface area (Å²) < 4.78 is 25.1. The van der Waals surface area contributed by atoms with Crippen LogP contribution in [0.4, 0.5) is 0 Å². The third-order valence-electron chi connectivity index (χ3n) is 3.94. The Morgan fingerprint density at radius 3 is 2.32 bits per heavy atom. The highest BCUT2D eigenvalue weighted by Gasteiger charge is 2.43. The molecule has 0 atom stereocenters. The van der Waals surface area contributed by atoms with Gasteiger partial charge in [0.1, 0.15) is 4.75 Å². The predicted octanol–water partition coefficient (Wildman–Crippen LogP) is 4.79. The highest BCUT2D eigenvalue weighted by Crippen LogP contribution is 2.43. The summed E-state index contributed by atoms with van der Waals surface area (Å²) in [5, 5.41) is 2.01. The summed E-state index contributed by atoms with van der Waals surface area (Å²) in [5.41, 5.74) is 1.00. The van der Waals surface area contributed by atoms with Crippen molar-refractivity contribution >= 4 is 21.2 Å². The van der Waals surface area contributed by atoms with Gasteiger partial charge in [-0.25, -0.2) is 8.42 Å².